The summed E-state index contributed by atoms with van der Waals surface area (Å²) in [6, 6.07) is 6.23. The van der Waals surface area contributed by atoms with Crippen molar-refractivity contribution in [3.8, 4) is 11.5 Å². The maximum absolute atomic E-state index is 4.49. The van der Waals surface area contributed by atoms with E-state index in [1.807, 2.05) is 31.6 Å². The maximum Gasteiger partial charge on any atom is 0.156 e. The standard InChI is InChI=1S/C20H24N6/c1-15-10-22-20(25-15)19-9-18(23-14-24-19)8-16-5-3-7-26(12-16)13-17-4-2-6-21-11-17/h2,4,6,9-11,14,16H,3,5,7-8,12-13H2,1H3,(H,22,25)/t16-/m0/s1. The van der Waals surface area contributed by atoms with Crippen LogP contribution >= 0.6 is 0 Å². The molecule has 26 heavy (non-hydrogen) atoms. The number of pyridine rings is 1. The SMILES string of the molecule is Cc1cnc(-c2cc(C[C@@H]3CCCN(Cc4cccnc4)C3)ncn2)[nH]1. The molecule has 3 aromatic heterocycles. The Hall–Kier alpha value is -2.60. The van der Waals surface area contributed by atoms with Crippen molar-refractivity contribution in [1.82, 2.24) is 29.8 Å². The average molecular weight is 348 g/mol. The normalized spacial score (nSPS) is 18.1. The first-order valence-corrected chi connectivity index (χ1v) is 9.20. The van der Waals surface area contributed by atoms with E-state index in [4.69, 9.17) is 0 Å². The van der Waals surface area contributed by atoms with E-state index in [1.165, 1.54) is 18.4 Å². The van der Waals surface area contributed by atoms with E-state index in [0.717, 1.165) is 49.0 Å². The number of nitrogens with one attached hydrogen (secondary N) is 1. The number of nitrogens with zero attached hydrogens (tertiary/aromatic N) is 5. The van der Waals surface area contributed by atoms with E-state index >= 15 is 0 Å². The Bertz CT molecular complexity index is 844. The summed E-state index contributed by atoms with van der Waals surface area (Å²) in [7, 11) is 0. The molecule has 3 aromatic rings. The number of imidazole rings is 1. The lowest BCUT2D eigenvalue weighted by Crippen LogP contribution is -2.35. The van der Waals surface area contributed by atoms with Crippen LogP contribution in [0.5, 0.6) is 0 Å². The van der Waals surface area contributed by atoms with Gasteiger partial charge in [-0.05, 0) is 56.3 Å². The van der Waals surface area contributed by atoms with Crippen LogP contribution in [-0.2, 0) is 13.0 Å². The highest BCUT2D eigenvalue weighted by Crippen LogP contribution is 2.22. The van der Waals surface area contributed by atoms with E-state index in [0.29, 0.717) is 5.92 Å². The van der Waals surface area contributed by atoms with Crippen LogP contribution in [0.4, 0.5) is 0 Å². The molecule has 4 heterocycles. The van der Waals surface area contributed by atoms with Crippen LogP contribution in [0.3, 0.4) is 0 Å². The van der Waals surface area contributed by atoms with Crippen LogP contribution in [-0.4, -0.2) is 42.9 Å². The van der Waals surface area contributed by atoms with Gasteiger partial charge in [0.05, 0.1) is 0 Å². The molecule has 4 rings (SSSR count). The zero-order chi connectivity index (χ0) is 17.8. The fourth-order valence-corrected chi connectivity index (χ4v) is 3.69. The van der Waals surface area contributed by atoms with Gasteiger partial charge < -0.3 is 4.98 Å². The lowest BCUT2D eigenvalue weighted by atomic mass is 9.93. The first kappa shape index (κ1) is 16.8. The largest absolute Gasteiger partial charge is 0.341 e. The average Bonchev–Trinajstić information content (AvgIpc) is 3.10. The summed E-state index contributed by atoms with van der Waals surface area (Å²) in [5, 5.41) is 0. The summed E-state index contributed by atoms with van der Waals surface area (Å²) in [6.07, 6.45) is 10.7. The van der Waals surface area contributed by atoms with Gasteiger partial charge in [-0.3, -0.25) is 9.88 Å². The van der Waals surface area contributed by atoms with E-state index in [-0.39, 0.29) is 0 Å². The summed E-state index contributed by atoms with van der Waals surface area (Å²) in [5.41, 5.74) is 4.28. The number of aromatic amines is 1. The number of hydrogen-bond acceptors (Lipinski definition) is 5. The van der Waals surface area contributed by atoms with Gasteiger partial charge in [-0.1, -0.05) is 6.07 Å². The Morgan fingerprint density at radius 1 is 1.23 bits per heavy atom. The number of rotatable bonds is 5. The predicted octanol–water partition coefficient (Wildman–Crippen LogP) is 3.02. The quantitative estimate of drug-likeness (QED) is 0.767. The first-order chi connectivity index (χ1) is 12.8. The van der Waals surface area contributed by atoms with E-state index < -0.39 is 0 Å². The van der Waals surface area contributed by atoms with Crippen molar-refractivity contribution in [2.24, 2.45) is 5.92 Å². The monoisotopic (exact) mass is 348 g/mol. The molecule has 1 saturated heterocycles. The summed E-state index contributed by atoms with van der Waals surface area (Å²) < 4.78 is 0. The predicted molar refractivity (Wildman–Crippen MR) is 100 cm³/mol. The molecule has 1 aliphatic heterocycles. The Morgan fingerprint density at radius 3 is 3.00 bits per heavy atom. The van der Waals surface area contributed by atoms with Crippen molar-refractivity contribution in [2.45, 2.75) is 32.7 Å². The van der Waals surface area contributed by atoms with Gasteiger partial charge in [-0.2, -0.15) is 0 Å². The molecule has 0 aliphatic carbocycles. The highest BCUT2D eigenvalue weighted by atomic mass is 15.1. The minimum atomic E-state index is 0.626. The number of aryl methyl sites for hydroxylation is 1. The topological polar surface area (TPSA) is 70.6 Å². The minimum Gasteiger partial charge on any atom is -0.341 e. The maximum atomic E-state index is 4.49. The van der Waals surface area contributed by atoms with Crippen LogP contribution in [0, 0.1) is 12.8 Å². The number of H-pyrrole nitrogens is 1. The van der Waals surface area contributed by atoms with Gasteiger partial charge in [0.25, 0.3) is 0 Å². The molecule has 0 spiro atoms. The Morgan fingerprint density at radius 2 is 2.19 bits per heavy atom. The first-order valence-electron chi connectivity index (χ1n) is 9.20. The third-order valence-electron chi connectivity index (χ3n) is 4.90. The fraction of sp³-hybridized carbons (Fsp3) is 0.400. The van der Waals surface area contributed by atoms with Gasteiger partial charge in [0.15, 0.2) is 5.82 Å². The van der Waals surface area contributed by atoms with Crippen molar-refractivity contribution in [3.63, 3.8) is 0 Å². The van der Waals surface area contributed by atoms with E-state index in [9.17, 15) is 0 Å². The molecule has 6 nitrogen and oxygen atoms in total. The van der Waals surface area contributed by atoms with Crippen LogP contribution < -0.4 is 0 Å². The van der Waals surface area contributed by atoms with Gasteiger partial charge in [-0.15, -0.1) is 0 Å². The summed E-state index contributed by atoms with van der Waals surface area (Å²) in [5.74, 6) is 1.44. The highest BCUT2D eigenvalue weighted by Gasteiger charge is 2.21. The number of hydrogen-bond donors (Lipinski definition) is 1. The summed E-state index contributed by atoms with van der Waals surface area (Å²) in [6.45, 7) is 5.24. The number of piperidine rings is 1. The second kappa shape index (κ2) is 7.74. The Balaban J connectivity index is 1.40. The second-order valence-electron chi connectivity index (χ2n) is 7.12. The molecule has 0 amide bonds. The van der Waals surface area contributed by atoms with Crippen molar-refractivity contribution < 1.29 is 0 Å². The summed E-state index contributed by atoms with van der Waals surface area (Å²) in [4.78, 5) is 23.2. The Labute approximate surface area is 153 Å². The molecule has 0 aromatic carbocycles. The summed E-state index contributed by atoms with van der Waals surface area (Å²) >= 11 is 0. The molecule has 0 unspecified atom stereocenters. The fourth-order valence-electron chi connectivity index (χ4n) is 3.69. The molecule has 134 valence electrons. The number of likely N-dealkylation sites (tertiary alicyclic amines) is 1. The van der Waals surface area contributed by atoms with Crippen LogP contribution in [0.25, 0.3) is 11.5 Å². The minimum absolute atomic E-state index is 0.626. The smallest absolute Gasteiger partial charge is 0.156 e. The molecule has 0 bridgehead atoms. The lowest BCUT2D eigenvalue weighted by Gasteiger charge is -2.32. The van der Waals surface area contributed by atoms with Gasteiger partial charge in [0, 0.05) is 43.1 Å². The van der Waals surface area contributed by atoms with Crippen molar-refractivity contribution in [3.05, 3.63) is 60.1 Å². The molecular weight excluding hydrogens is 324 g/mol. The van der Waals surface area contributed by atoms with E-state index in [1.54, 1.807) is 6.33 Å². The molecule has 1 aliphatic rings. The zero-order valence-corrected chi connectivity index (χ0v) is 15.1. The van der Waals surface area contributed by atoms with E-state index in [2.05, 4.69) is 42.0 Å². The van der Waals surface area contributed by atoms with Gasteiger partial charge in [0.1, 0.15) is 12.0 Å². The number of aromatic nitrogens is 5. The zero-order valence-electron chi connectivity index (χ0n) is 15.1. The van der Waals surface area contributed by atoms with Crippen LogP contribution in [0.1, 0.15) is 29.8 Å². The molecule has 0 saturated carbocycles. The molecule has 1 atom stereocenters. The lowest BCUT2D eigenvalue weighted by molar-refractivity contribution is 0.166. The van der Waals surface area contributed by atoms with Crippen molar-refractivity contribution >= 4 is 0 Å². The molecule has 1 fully saturated rings. The van der Waals surface area contributed by atoms with Crippen LogP contribution in [0.2, 0.25) is 0 Å². The third-order valence-corrected chi connectivity index (χ3v) is 4.90. The van der Waals surface area contributed by atoms with Gasteiger partial charge in [0.2, 0.25) is 0 Å². The molecular formula is C20H24N6. The highest BCUT2D eigenvalue weighted by molar-refractivity contribution is 5.49. The van der Waals surface area contributed by atoms with Crippen LogP contribution in [0.15, 0.2) is 43.1 Å². The van der Waals surface area contributed by atoms with Gasteiger partial charge in [-0.25, -0.2) is 15.0 Å². The molecule has 1 N–H and O–H groups in total. The molecule has 0 radical (unpaired) electrons. The molecule has 6 heteroatoms. The van der Waals surface area contributed by atoms with Crippen molar-refractivity contribution in [1.29, 1.82) is 0 Å². The third kappa shape index (κ3) is 4.14. The van der Waals surface area contributed by atoms with Crippen molar-refractivity contribution in [2.75, 3.05) is 13.1 Å². The second-order valence-corrected chi connectivity index (χ2v) is 7.12. The van der Waals surface area contributed by atoms with Gasteiger partial charge >= 0.3 is 0 Å². The Kier molecular flexibility index (Phi) is 5.02.